The summed E-state index contributed by atoms with van der Waals surface area (Å²) in [6, 6.07) is 0. The van der Waals surface area contributed by atoms with Crippen molar-refractivity contribution >= 4 is 24.0 Å². The number of aromatic nitrogens is 2. The molecule has 0 aliphatic carbocycles. The van der Waals surface area contributed by atoms with Crippen LogP contribution >= 0.6 is 0 Å². The minimum atomic E-state index is -1.82. The molecule has 28 heavy (non-hydrogen) atoms. The zero-order chi connectivity index (χ0) is 20.7. The van der Waals surface area contributed by atoms with Gasteiger partial charge in [0.2, 0.25) is 5.89 Å². The number of amides is 1. The van der Waals surface area contributed by atoms with Crippen LogP contribution in [0.4, 0.5) is 10.7 Å². The number of anilines is 1. The van der Waals surface area contributed by atoms with E-state index in [1.165, 1.54) is 25.9 Å². The molecule has 0 spiro atoms. The zero-order valence-corrected chi connectivity index (χ0v) is 16.0. The molecule has 3 saturated heterocycles. The Balaban J connectivity index is 0.000000409. The first kappa shape index (κ1) is 21.6. The van der Waals surface area contributed by atoms with Gasteiger partial charge < -0.3 is 24.4 Å². The third-order valence-electron chi connectivity index (χ3n) is 5.00. The first-order valence-electron chi connectivity index (χ1n) is 9.33. The molecule has 0 aromatic carbocycles. The Morgan fingerprint density at radius 1 is 1.21 bits per heavy atom. The summed E-state index contributed by atoms with van der Waals surface area (Å²) in [6.07, 6.45) is 3.37. The van der Waals surface area contributed by atoms with Gasteiger partial charge in [0.05, 0.1) is 5.92 Å². The smallest absolute Gasteiger partial charge is 0.414 e. The number of nitrogens with zero attached hydrogens (tertiary/aromatic N) is 3. The second kappa shape index (κ2) is 10.0. The van der Waals surface area contributed by atoms with Crippen LogP contribution < -0.4 is 5.32 Å². The second-order valence-corrected chi connectivity index (χ2v) is 6.78. The van der Waals surface area contributed by atoms with Gasteiger partial charge in [-0.1, -0.05) is 13.8 Å². The van der Waals surface area contributed by atoms with Crippen LogP contribution in [0.5, 0.6) is 0 Å². The number of nitrogens with one attached hydrogen (secondary N) is 1. The number of fused-ring (bicyclic) bond motifs is 3. The van der Waals surface area contributed by atoms with Crippen LogP contribution in [-0.2, 0) is 14.3 Å². The molecule has 156 valence electrons. The second-order valence-electron chi connectivity index (χ2n) is 6.78. The van der Waals surface area contributed by atoms with Crippen LogP contribution in [0.1, 0.15) is 51.3 Å². The predicted molar refractivity (Wildman–Crippen MR) is 95.9 cm³/mol. The van der Waals surface area contributed by atoms with E-state index in [1.807, 2.05) is 13.8 Å². The Morgan fingerprint density at radius 2 is 1.82 bits per heavy atom. The molecule has 11 nitrogen and oxygen atoms in total. The summed E-state index contributed by atoms with van der Waals surface area (Å²) in [6.45, 7) is 7.29. The van der Waals surface area contributed by atoms with Crippen LogP contribution in [0, 0.1) is 5.92 Å². The number of carboxylic acid groups (broad SMARTS) is 2. The number of ether oxygens (including phenoxy) is 1. The van der Waals surface area contributed by atoms with Crippen molar-refractivity contribution in [3.05, 3.63) is 5.89 Å². The maximum Gasteiger partial charge on any atom is 0.414 e. The van der Waals surface area contributed by atoms with Crippen molar-refractivity contribution in [2.45, 2.75) is 51.6 Å². The summed E-state index contributed by atoms with van der Waals surface area (Å²) < 4.78 is 10.6. The third kappa shape index (κ3) is 5.91. The van der Waals surface area contributed by atoms with Crippen molar-refractivity contribution < 1.29 is 33.9 Å². The van der Waals surface area contributed by atoms with Crippen molar-refractivity contribution in [1.29, 1.82) is 0 Å². The molecule has 11 heteroatoms. The standard InChI is InChI=1S/C15H24N4O3.C2H2O4/c1-3-11(4-2)21-15(20)17-14-16-13(22-18-14)12-9-19-7-5-10(12)6-8-19;3-1(4)2(5)6/h10-12H,3-9H2,1-2H3,(H,17,18,20);(H,3,4)(H,5,6). The molecule has 1 unspecified atom stereocenters. The van der Waals surface area contributed by atoms with Gasteiger partial charge in [-0.05, 0) is 49.8 Å². The molecule has 1 amide bonds. The van der Waals surface area contributed by atoms with Crippen LogP contribution in [0.3, 0.4) is 0 Å². The molecule has 1 aromatic heterocycles. The molecule has 4 heterocycles. The summed E-state index contributed by atoms with van der Waals surface area (Å²) in [5.74, 6) is -1.91. The molecule has 1 atom stereocenters. The monoisotopic (exact) mass is 398 g/mol. The molecule has 3 N–H and O–H groups in total. The van der Waals surface area contributed by atoms with E-state index >= 15 is 0 Å². The molecule has 2 bridgehead atoms. The largest absolute Gasteiger partial charge is 0.473 e. The lowest BCUT2D eigenvalue weighted by molar-refractivity contribution is -0.159. The fraction of sp³-hybridized carbons (Fsp3) is 0.706. The first-order chi connectivity index (χ1) is 13.3. The van der Waals surface area contributed by atoms with E-state index in [9.17, 15) is 4.79 Å². The van der Waals surface area contributed by atoms with Gasteiger partial charge in [0.1, 0.15) is 6.10 Å². The summed E-state index contributed by atoms with van der Waals surface area (Å²) in [4.78, 5) is 36.8. The SMILES string of the molecule is CCC(CC)OC(=O)Nc1noc(C2CN3CCC2CC3)n1.O=C(O)C(=O)O. The third-order valence-corrected chi connectivity index (χ3v) is 5.00. The quantitative estimate of drug-likeness (QED) is 0.625. The number of rotatable bonds is 5. The van der Waals surface area contributed by atoms with E-state index in [0.29, 0.717) is 17.7 Å². The number of piperidine rings is 3. The first-order valence-corrected chi connectivity index (χ1v) is 9.33. The van der Waals surface area contributed by atoms with E-state index in [4.69, 9.17) is 29.1 Å². The van der Waals surface area contributed by atoms with Gasteiger partial charge in [0, 0.05) is 6.54 Å². The van der Waals surface area contributed by atoms with Gasteiger partial charge in [-0.3, -0.25) is 5.32 Å². The minimum Gasteiger partial charge on any atom is -0.473 e. The number of hydrogen-bond acceptors (Lipinski definition) is 8. The topological polar surface area (TPSA) is 155 Å². The average Bonchev–Trinajstić information content (AvgIpc) is 3.15. The Hall–Kier alpha value is -2.69. The highest BCUT2D eigenvalue weighted by Gasteiger charge is 2.38. The normalized spacial score (nSPS) is 22.9. The lowest BCUT2D eigenvalue weighted by Gasteiger charge is -2.43. The molecule has 1 aromatic rings. The van der Waals surface area contributed by atoms with E-state index in [0.717, 1.165) is 19.4 Å². The zero-order valence-electron chi connectivity index (χ0n) is 16.0. The number of carbonyl (C=O) groups is 3. The molecule has 3 fully saturated rings. The summed E-state index contributed by atoms with van der Waals surface area (Å²) >= 11 is 0. The molecule has 3 aliphatic heterocycles. The van der Waals surface area contributed by atoms with E-state index in [-0.39, 0.29) is 12.1 Å². The Labute approximate surface area is 162 Å². The predicted octanol–water partition coefficient (Wildman–Crippen LogP) is 1.77. The molecular formula is C17H26N4O7. The summed E-state index contributed by atoms with van der Waals surface area (Å²) in [5.41, 5.74) is 0. The highest BCUT2D eigenvalue weighted by molar-refractivity contribution is 6.27. The molecule has 3 aliphatic rings. The number of aliphatic carboxylic acids is 2. The van der Waals surface area contributed by atoms with Crippen molar-refractivity contribution in [3.8, 4) is 0 Å². The fourth-order valence-corrected chi connectivity index (χ4v) is 3.41. The van der Waals surface area contributed by atoms with Crippen LogP contribution in [0.2, 0.25) is 0 Å². The van der Waals surface area contributed by atoms with E-state index in [2.05, 4.69) is 20.4 Å². The van der Waals surface area contributed by atoms with Gasteiger partial charge in [-0.25, -0.2) is 14.4 Å². The molecule has 0 radical (unpaired) electrons. The molecular weight excluding hydrogens is 372 g/mol. The lowest BCUT2D eigenvalue weighted by Crippen LogP contribution is -2.46. The number of carboxylic acids is 2. The van der Waals surface area contributed by atoms with Crippen LogP contribution in [-0.4, -0.2) is 69.0 Å². The van der Waals surface area contributed by atoms with Crippen molar-refractivity contribution in [2.24, 2.45) is 5.92 Å². The lowest BCUT2D eigenvalue weighted by atomic mass is 9.79. The summed E-state index contributed by atoms with van der Waals surface area (Å²) in [5, 5.41) is 21.2. The van der Waals surface area contributed by atoms with Crippen molar-refractivity contribution in [1.82, 2.24) is 15.0 Å². The molecule has 0 saturated carbocycles. The number of hydrogen-bond donors (Lipinski definition) is 3. The van der Waals surface area contributed by atoms with E-state index in [1.54, 1.807) is 0 Å². The maximum atomic E-state index is 11.8. The summed E-state index contributed by atoms with van der Waals surface area (Å²) in [7, 11) is 0. The Kier molecular flexibility index (Phi) is 7.73. The van der Waals surface area contributed by atoms with Gasteiger partial charge in [0.25, 0.3) is 5.95 Å². The fourth-order valence-electron chi connectivity index (χ4n) is 3.41. The van der Waals surface area contributed by atoms with Crippen LogP contribution in [0.25, 0.3) is 0 Å². The number of carbonyl (C=O) groups excluding carboxylic acids is 1. The van der Waals surface area contributed by atoms with Gasteiger partial charge >= 0.3 is 18.0 Å². The Morgan fingerprint density at radius 3 is 2.29 bits per heavy atom. The molecule has 4 rings (SSSR count). The van der Waals surface area contributed by atoms with Crippen LogP contribution in [0.15, 0.2) is 4.52 Å². The minimum absolute atomic E-state index is 0.0757. The van der Waals surface area contributed by atoms with E-state index < -0.39 is 18.0 Å². The maximum absolute atomic E-state index is 11.8. The van der Waals surface area contributed by atoms with Gasteiger partial charge in [-0.2, -0.15) is 4.98 Å². The average molecular weight is 398 g/mol. The Bertz CT molecular complexity index is 669. The van der Waals surface area contributed by atoms with Crippen molar-refractivity contribution in [3.63, 3.8) is 0 Å². The highest BCUT2D eigenvalue weighted by Crippen LogP contribution is 2.38. The van der Waals surface area contributed by atoms with Crippen molar-refractivity contribution in [2.75, 3.05) is 25.0 Å². The van der Waals surface area contributed by atoms with Gasteiger partial charge in [0.15, 0.2) is 0 Å². The van der Waals surface area contributed by atoms with Gasteiger partial charge in [-0.15, -0.1) is 0 Å². The highest BCUT2D eigenvalue weighted by atomic mass is 16.6.